The standard InChI is InChI=1S/C24H28BrFN4O/c1-15(2)12-17-13-21(24(31)29-11-6-4-5-8-16(29)3)27-22-14-20(28-30(17)22)18-9-7-10-19(25)23(18)26/h7,9-10,13-16H,4-6,8,11-12H2,1-3H3/t16-/m1/s1. The molecule has 1 aliphatic heterocycles. The van der Waals surface area contributed by atoms with E-state index in [1.54, 1.807) is 28.8 Å². The first-order valence-electron chi connectivity index (χ1n) is 11.0. The van der Waals surface area contributed by atoms with Crippen molar-refractivity contribution in [3.63, 3.8) is 0 Å². The molecule has 1 amide bonds. The van der Waals surface area contributed by atoms with Gasteiger partial charge in [-0.05, 0) is 66.2 Å². The van der Waals surface area contributed by atoms with Crippen LogP contribution in [0.3, 0.4) is 0 Å². The maximum Gasteiger partial charge on any atom is 0.272 e. The first-order valence-corrected chi connectivity index (χ1v) is 11.8. The minimum Gasteiger partial charge on any atom is -0.335 e. The second-order valence-corrected chi connectivity index (χ2v) is 9.68. The number of benzene rings is 1. The maximum atomic E-state index is 14.7. The van der Waals surface area contributed by atoms with Gasteiger partial charge in [0.1, 0.15) is 11.5 Å². The van der Waals surface area contributed by atoms with Crippen LogP contribution in [0, 0.1) is 11.7 Å². The topological polar surface area (TPSA) is 50.5 Å². The number of rotatable bonds is 4. The molecular weight excluding hydrogens is 459 g/mol. The van der Waals surface area contributed by atoms with Crippen molar-refractivity contribution in [1.29, 1.82) is 0 Å². The molecule has 1 saturated heterocycles. The lowest BCUT2D eigenvalue weighted by molar-refractivity contribution is 0.0691. The van der Waals surface area contributed by atoms with Gasteiger partial charge < -0.3 is 4.90 Å². The Balaban J connectivity index is 1.80. The molecule has 5 nitrogen and oxygen atoms in total. The molecule has 4 rings (SSSR count). The number of amides is 1. The minimum absolute atomic E-state index is 0.0294. The highest BCUT2D eigenvalue weighted by Crippen LogP contribution is 2.28. The summed E-state index contributed by atoms with van der Waals surface area (Å²) in [4.78, 5) is 20.0. The van der Waals surface area contributed by atoms with Gasteiger partial charge in [-0.3, -0.25) is 4.79 Å². The quantitative estimate of drug-likeness (QED) is 0.461. The van der Waals surface area contributed by atoms with E-state index < -0.39 is 0 Å². The molecule has 1 atom stereocenters. The predicted molar refractivity (Wildman–Crippen MR) is 124 cm³/mol. The lowest BCUT2D eigenvalue weighted by Crippen LogP contribution is -2.38. The highest BCUT2D eigenvalue weighted by Gasteiger charge is 2.25. The molecule has 0 radical (unpaired) electrons. The average molecular weight is 487 g/mol. The fourth-order valence-electron chi connectivity index (χ4n) is 4.27. The number of aromatic nitrogens is 3. The van der Waals surface area contributed by atoms with Crippen LogP contribution in [0.1, 0.15) is 62.6 Å². The second kappa shape index (κ2) is 9.07. The molecule has 0 spiro atoms. The minimum atomic E-state index is -0.356. The van der Waals surface area contributed by atoms with E-state index in [4.69, 9.17) is 0 Å². The summed E-state index contributed by atoms with van der Waals surface area (Å²) in [6, 6.07) is 8.98. The predicted octanol–water partition coefficient (Wildman–Crippen LogP) is 5.90. The van der Waals surface area contributed by atoms with Gasteiger partial charge in [-0.15, -0.1) is 0 Å². The van der Waals surface area contributed by atoms with Crippen molar-refractivity contribution in [3.8, 4) is 11.3 Å². The monoisotopic (exact) mass is 486 g/mol. The van der Waals surface area contributed by atoms with Gasteiger partial charge in [-0.2, -0.15) is 5.10 Å². The summed E-state index contributed by atoms with van der Waals surface area (Å²) in [5.41, 5.74) is 2.83. The van der Waals surface area contributed by atoms with E-state index in [9.17, 15) is 9.18 Å². The van der Waals surface area contributed by atoms with Crippen LogP contribution in [0.5, 0.6) is 0 Å². The van der Waals surface area contributed by atoms with Gasteiger partial charge in [0.2, 0.25) is 0 Å². The van der Waals surface area contributed by atoms with E-state index in [0.717, 1.165) is 44.3 Å². The van der Waals surface area contributed by atoms with Crippen LogP contribution in [0.25, 0.3) is 16.9 Å². The third-order valence-corrected chi connectivity index (χ3v) is 6.49. The van der Waals surface area contributed by atoms with Gasteiger partial charge >= 0.3 is 0 Å². The maximum absolute atomic E-state index is 14.7. The Bertz CT molecular complexity index is 1110. The smallest absolute Gasteiger partial charge is 0.272 e. The van der Waals surface area contributed by atoms with E-state index in [-0.39, 0.29) is 17.8 Å². The van der Waals surface area contributed by atoms with Crippen LogP contribution in [-0.4, -0.2) is 38.0 Å². The van der Waals surface area contributed by atoms with E-state index >= 15 is 0 Å². The Morgan fingerprint density at radius 1 is 1.26 bits per heavy atom. The Labute approximate surface area is 190 Å². The molecule has 0 unspecified atom stereocenters. The molecule has 2 aromatic heterocycles. The van der Waals surface area contributed by atoms with E-state index in [2.05, 4.69) is 46.8 Å². The number of hydrogen-bond donors (Lipinski definition) is 0. The lowest BCUT2D eigenvalue weighted by Gasteiger charge is -2.27. The Morgan fingerprint density at radius 2 is 2.06 bits per heavy atom. The summed E-state index contributed by atoms with van der Waals surface area (Å²) in [5.74, 6) is -0.00906. The zero-order valence-electron chi connectivity index (χ0n) is 18.2. The summed E-state index contributed by atoms with van der Waals surface area (Å²) < 4.78 is 16.8. The fourth-order valence-corrected chi connectivity index (χ4v) is 4.63. The lowest BCUT2D eigenvalue weighted by atomic mass is 10.1. The van der Waals surface area contributed by atoms with Crippen molar-refractivity contribution < 1.29 is 9.18 Å². The molecule has 0 bridgehead atoms. The van der Waals surface area contributed by atoms with Crippen molar-refractivity contribution in [2.24, 2.45) is 5.92 Å². The van der Waals surface area contributed by atoms with Crippen LogP contribution in [0.4, 0.5) is 4.39 Å². The van der Waals surface area contributed by atoms with Gasteiger partial charge in [-0.25, -0.2) is 13.9 Å². The number of fused-ring (bicyclic) bond motifs is 1. The Hall–Kier alpha value is -2.28. The summed E-state index contributed by atoms with van der Waals surface area (Å²) in [6.07, 6.45) is 5.10. The fraction of sp³-hybridized carbons (Fsp3) is 0.458. The molecular formula is C24H28BrFN4O. The average Bonchev–Trinajstić information content (AvgIpc) is 3.04. The summed E-state index contributed by atoms with van der Waals surface area (Å²) in [7, 11) is 0. The first kappa shape index (κ1) is 21.9. The molecule has 31 heavy (non-hydrogen) atoms. The van der Waals surface area contributed by atoms with Crippen LogP contribution in [0.15, 0.2) is 34.8 Å². The van der Waals surface area contributed by atoms with E-state index in [0.29, 0.717) is 33.0 Å². The van der Waals surface area contributed by atoms with E-state index in [1.165, 1.54) is 0 Å². The van der Waals surface area contributed by atoms with Crippen LogP contribution in [-0.2, 0) is 6.42 Å². The largest absolute Gasteiger partial charge is 0.335 e. The third kappa shape index (κ3) is 4.52. The second-order valence-electron chi connectivity index (χ2n) is 8.83. The molecule has 1 aliphatic rings. The SMILES string of the molecule is CC(C)Cc1cc(C(=O)N2CCCCC[C@H]2C)nc2cc(-c3cccc(Br)c3F)nn12. The molecule has 1 aromatic carbocycles. The Kier molecular flexibility index (Phi) is 6.42. The zero-order chi connectivity index (χ0) is 22.1. The van der Waals surface area contributed by atoms with Crippen molar-refractivity contribution >= 4 is 27.5 Å². The van der Waals surface area contributed by atoms with E-state index in [1.807, 2.05) is 11.0 Å². The molecule has 164 valence electrons. The first-order chi connectivity index (χ1) is 14.8. The van der Waals surface area contributed by atoms with Crippen molar-refractivity contribution in [3.05, 3.63) is 52.0 Å². The summed E-state index contributed by atoms with van der Waals surface area (Å²) in [5, 5.41) is 4.65. The molecule has 0 saturated carbocycles. The normalized spacial score (nSPS) is 17.4. The number of likely N-dealkylation sites (tertiary alicyclic amines) is 1. The molecule has 7 heteroatoms. The molecule has 3 heterocycles. The molecule has 3 aromatic rings. The molecule has 1 fully saturated rings. The van der Waals surface area contributed by atoms with Gasteiger partial charge in [0.25, 0.3) is 5.91 Å². The van der Waals surface area contributed by atoms with Crippen molar-refractivity contribution in [2.45, 2.75) is 58.9 Å². The van der Waals surface area contributed by atoms with Crippen molar-refractivity contribution in [2.75, 3.05) is 6.54 Å². The van der Waals surface area contributed by atoms with Gasteiger partial charge in [-0.1, -0.05) is 32.8 Å². The number of carbonyl (C=O) groups excluding carboxylic acids is 1. The van der Waals surface area contributed by atoms with Gasteiger partial charge in [0, 0.05) is 29.9 Å². The highest BCUT2D eigenvalue weighted by atomic mass is 79.9. The number of hydrogen-bond acceptors (Lipinski definition) is 3. The molecule has 0 N–H and O–H groups in total. The number of nitrogens with zero attached hydrogens (tertiary/aromatic N) is 4. The Morgan fingerprint density at radius 3 is 2.84 bits per heavy atom. The number of halogens is 2. The van der Waals surface area contributed by atoms with Gasteiger partial charge in [0.15, 0.2) is 5.65 Å². The van der Waals surface area contributed by atoms with Crippen LogP contribution < -0.4 is 0 Å². The van der Waals surface area contributed by atoms with Crippen LogP contribution >= 0.6 is 15.9 Å². The van der Waals surface area contributed by atoms with Crippen LogP contribution in [0.2, 0.25) is 0 Å². The highest BCUT2D eigenvalue weighted by molar-refractivity contribution is 9.10. The van der Waals surface area contributed by atoms with Gasteiger partial charge in [0.05, 0.1) is 10.2 Å². The summed E-state index contributed by atoms with van der Waals surface area (Å²) in [6.45, 7) is 7.13. The number of carbonyl (C=O) groups is 1. The van der Waals surface area contributed by atoms with Crippen molar-refractivity contribution in [1.82, 2.24) is 19.5 Å². The third-order valence-electron chi connectivity index (χ3n) is 5.88. The summed E-state index contributed by atoms with van der Waals surface area (Å²) >= 11 is 3.25. The molecule has 0 aliphatic carbocycles. The zero-order valence-corrected chi connectivity index (χ0v) is 19.8.